The van der Waals surface area contributed by atoms with E-state index in [0.717, 1.165) is 52.4 Å². The number of aromatic nitrogens is 2. The Morgan fingerprint density at radius 1 is 0.576 bits per heavy atom. The zero-order valence-electron chi connectivity index (χ0n) is 34.1. The van der Waals surface area contributed by atoms with Crippen LogP contribution in [0.1, 0.15) is 61.3 Å². The van der Waals surface area contributed by atoms with Crippen LogP contribution in [0.15, 0.2) is 194 Å². The molecule has 3 heteroatoms. The molecule has 9 rings (SSSR count). The molecular formula is C56H49N3. The van der Waals surface area contributed by atoms with E-state index in [1.807, 2.05) is 24.3 Å². The van der Waals surface area contributed by atoms with Gasteiger partial charge in [-0.15, -0.1) is 0 Å². The van der Waals surface area contributed by atoms with E-state index < -0.39 is 0 Å². The third-order valence-corrected chi connectivity index (χ3v) is 11.8. The molecule has 288 valence electrons. The summed E-state index contributed by atoms with van der Waals surface area (Å²) in [6.07, 6.45) is 6.74. The molecule has 0 fully saturated rings. The molecular weight excluding hydrogens is 715 g/mol. The molecule has 0 spiro atoms. The van der Waals surface area contributed by atoms with Crippen LogP contribution in [0.3, 0.4) is 0 Å². The summed E-state index contributed by atoms with van der Waals surface area (Å²) in [6, 6.07) is 65.4. The van der Waals surface area contributed by atoms with Gasteiger partial charge in [0, 0.05) is 40.4 Å². The van der Waals surface area contributed by atoms with Crippen LogP contribution < -0.4 is 4.90 Å². The Hall–Kier alpha value is -6.84. The van der Waals surface area contributed by atoms with Crippen LogP contribution in [0.25, 0.3) is 56.2 Å². The van der Waals surface area contributed by atoms with Crippen molar-refractivity contribution in [2.45, 2.75) is 52.4 Å². The van der Waals surface area contributed by atoms with Crippen molar-refractivity contribution in [1.82, 2.24) is 9.97 Å². The van der Waals surface area contributed by atoms with Crippen LogP contribution in [0.4, 0.5) is 11.4 Å². The molecule has 1 atom stereocenters. The van der Waals surface area contributed by atoms with E-state index >= 15 is 0 Å². The molecule has 0 bridgehead atoms. The van der Waals surface area contributed by atoms with Crippen molar-refractivity contribution in [1.29, 1.82) is 0 Å². The van der Waals surface area contributed by atoms with Gasteiger partial charge in [0.05, 0.1) is 17.1 Å². The van der Waals surface area contributed by atoms with Crippen molar-refractivity contribution in [3.8, 4) is 56.2 Å². The summed E-state index contributed by atoms with van der Waals surface area (Å²) in [6.45, 7) is 6.83. The Morgan fingerprint density at radius 3 is 1.88 bits per heavy atom. The van der Waals surface area contributed by atoms with E-state index in [2.05, 4.69) is 189 Å². The molecule has 1 aromatic heterocycles. The molecule has 0 radical (unpaired) electrons. The third-order valence-electron chi connectivity index (χ3n) is 11.8. The molecule has 0 amide bonds. The third kappa shape index (κ3) is 7.77. The Labute approximate surface area is 349 Å². The maximum absolute atomic E-state index is 5.10. The number of unbranched alkanes of at least 4 members (excludes halogenated alkanes) is 2. The zero-order valence-corrected chi connectivity index (χ0v) is 34.1. The molecule has 2 heterocycles. The molecule has 59 heavy (non-hydrogen) atoms. The first-order valence-corrected chi connectivity index (χ1v) is 21.0. The van der Waals surface area contributed by atoms with Gasteiger partial charge in [-0.1, -0.05) is 184 Å². The van der Waals surface area contributed by atoms with Crippen molar-refractivity contribution < 1.29 is 0 Å². The quantitative estimate of drug-likeness (QED) is 0.123. The minimum atomic E-state index is 0.255. The van der Waals surface area contributed by atoms with Gasteiger partial charge in [-0.25, -0.2) is 9.97 Å². The first kappa shape index (κ1) is 37.7. The largest absolute Gasteiger partial charge is 0.314 e. The predicted molar refractivity (Wildman–Crippen MR) is 248 cm³/mol. The minimum Gasteiger partial charge on any atom is -0.314 e. The van der Waals surface area contributed by atoms with E-state index in [-0.39, 0.29) is 5.92 Å². The lowest BCUT2D eigenvalue weighted by Crippen LogP contribution is -2.11. The molecule has 1 aliphatic rings. The number of allylic oxidation sites excluding steroid dienone is 2. The first-order valence-electron chi connectivity index (χ1n) is 21.0. The molecule has 8 aromatic rings. The number of benzene rings is 7. The standard InChI is InChI=1S/C56H49N3/c1-4-5-9-26-47-37-52-50(45-32-35-49(40(3)41-20-10-6-11-21-41)51(36-45)48-27-17-16-19-39(48)2)28-18-29-55(52)59(47)46-33-30-43(31-34-46)54-38-53(42-22-12-7-13-23-42)57-56(58-54)44-24-14-8-15-25-44/h6-8,10-36,38,40H,4-5,9,37H2,1-3H3/b47-26+. The van der Waals surface area contributed by atoms with Gasteiger partial charge in [-0.05, 0) is 88.2 Å². The highest BCUT2D eigenvalue weighted by molar-refractivity contribution is 5.87. The molecule has 0 N–H and O–H groups in total. The summed E-state index contributed by atoms with van der Waals surface area (Å²) < 4.78 is 0. The van der Waals surface area contributed by atoms with E-state index in [1.54, 1.807) is 0 Å². The number of hydrogen-bond acceptors (Lipinski definition) is 3. The Kier molecular flexibility index (Phi) is 10.8. The van der Waals surface area contributed by atoms with Crippen molar-refractivity contribution >= 4 is 11.4 Å². The van der Waals surface area contributed by atoms with Gasteiger partial charge in [0.15, 0.2) is 5.82 Å². The lowest BCUT2D eigenvalue weighted by Gasteiger charge is -2.23. The van der Waals surface area contributed by atoms with E-state index in [4.69, 9.17) is 9.97 Å². The van der Waals surface area contributed by atoms with Crippen LogP contribution in [0, 0.1) is 6.92 Å². The van der Waals surface area contributed by atoms with Crippen LogP contribution in [-0.2, 0) is 6.42 Å². The normalized spacial score (nSPS) is 13.4. The smallest absolute Gasteiger partial charge is 0.160 e. The summed E-state index contributed by atoms with van der Waals surface area (Å²) in [5.74, 6) is 0.978. The van der Waals surface area contributed by atoms with Gasteiger partial charge in [-0.3, -0.25) is 0 Å². The second kappa shape index (κ2) is 16.9. The highest BCUT2D eigenvalue weighted by Gasteiger charge is 2.28. The monoisotopic (exact) mass is 763 g/mol. The lowest BCUT2D eigenvalue weighted by atomic mass is 9.84. The lowest BCUT2D eigenvalue weighted by molar-refractivity contribution is 0.808. The number of aryl methyl sites for hydroxylation is 1. The Bertz CT molecular complexity index is 2680. The average molecular weight is 764 g/mol. The topological polar surface area (TPSA) is 29.0 Å². The average Bonchev–Trinajstić information content (AvgIpc) is 3.68. The summed E-state index contributed by atoms with van der Waals surface area (Å²) in [5, 5.41) is 0. The number of nitrogens with zero attached hydrogens (tertiary/aromatic N) is 3. The molecule has 7 aromatic carbocycles. The second-order valence-electron chi connectivity index (χ2n) is 15.6. The predicted octanol–water partition coefficient (Wildman–Crippen LogP) is 15.0. The van der Waals surface area contributed by atoms with Crippen molar-refractivity contribution in [2.75, 3.05) is 4.90 Å². The summed E-state index contributed by atoms with van der Waals surface area (Å²) in [7, 11) is 0. The SMILES string of the molecule is CCCC/C=C1\Cc2c(-c3ccc(C(C)c4ccccc4)c(-c4ccccc4C)c3)cccc2N1c1ccc(-c2cc(-c3ccccc3)nc(-c3ccccc3)n2)cc1. The molecule has 3 nitrogen and oxygen atoms in total. The van der Waals surface area contributed by atoms with Crippen LogP contribution >= 0.6 is 0 Å². The summed E-state index contributed by atoms with van der Waals surface area (Å²) in [5.41, 5.74) is 19.1. The molecule has 0 saturated carbocycles. The van der Waals surface area contributed by atoms with Gasteiger partial charge >= 0.3 is 0 Å². The molecule has 1 aliphatic heterocycles. The molecule has 0 aliphatic carbocycles. The second-order valence-corrected chi connectivity index (χ2v) is 15.6. The van der Waals surface area contributed by atoms with Crippen molar-refractivity contribution in [3.05, 3.63) is 216 Å². The van der Waals surface area contributed by atoms with Crippen LogP contribution in [0.5, 0.6) is 0 Å². The van der Waals surface area contributed by atoms with Crippen LogP contribution in [0.2, 0.25) is 0 Å². The summed E-state index contributed by atoms with van der Waals surface area (Å²) >= 11 is 0. The van der Waals surface area contributed by atoms with E-state index in [1.165, 1.54) is 68.7 Å². The minimum absolute atomic E-state index is 0.255. The van der Waals surface area contributed by atoms with Crippen molar-refractivity contribution in [2.24, 2.45) is 0 Å². The molecule has 1 unspecified atom stereocenters. The number of anilines is 2. The van der Waals surface area contributed by atoms with E-state index in [0.29, 0.717) is 0 Å². The zero-order chi connectivity index (χ0) is 40.1. The number of hydrogen-bond donors (Lipinski definition) is 0. The fourth-order valence-corrected chi connectivity index (χ4v) is 8.58. The highest BCUT2D eigenvalue weighted by atomic mass is 15.2. The Balaban J connectivity index is 1.12. The van der Waals surface area contributed by atoms with Gasteiger partial charge < -0.3 is 4.90 Å². The fourth-order valence-electron chi connectivity index (χ4n) is 8.58. The molecule has 0 saturated heterocycles. The van der Waals surface area contributed by atoms with Gasteiger partial charge in [0.2, 0.25) is 0 Å². The maximum atomic E-state index is 5.10. The van der Waals surface area contributed by atoms with Crippen molar-refractivity contribution in [3.63, 3.8) is 0 Å². The maximum Gasteiger partial charge on any atom is 0.160 e. The van der Waals surface area contributed by atoms with Gasteiger partial charge in [0.25, 0.3) is 0 Å². The highest BCUT2D eigenvalue weighted by Crippen LogP contribution is 2.47. The first-order chi connectivity index (χ1) is 29.1. The van der Waals surface area contributed by atoms with E-state index in [9.17, 15) is 0 Å². The Morgan fingerprint density at radius 2 is 1.19 bits per heavy atom. The van der Waals surface area contributed by atoms with Gasteiger partial charge in [0.1, 0.15) is 0 Å². The van der Waals surface area contributed by atoms with Gasteiger partial charge in [-0.2, -0.15) is 0 Å². The number of fused-ring (bicyclic) bond motifs is 1. The summed E-state index contributed by atoms with van der Waals surface area (Å²) in [4.78, 5) is 12.6. The fraction of sp³-hybridized carbons (Fsp3) is 0.143. The van der Waals surface area contributed by atoms with Crippen LogP contribution in [-0.4, -0.2) is 9.97 Å². The number of rotatable bonds is 11.